The second-order valence-corrected chi connectivity index (χ2v) is 5.47. The molecule has 104 valence electrons. The van der Waals surface area contributed by atoms with E-state index in [1.54, 1.807) is 18.2 Å². The summed E-state index contributed by atoms with van der Waals surface area (Å²) >= 11 is 12.3. The summed E-state index contributed by atoms with van der Waals surface area (Å²) in [5.74, 6) is -1.94. The Kier molecular flexibility index (Phi) is 4.69. The third kappa shape index (κ3) is 2.97. The van der Waals surface area contributed by atoms with Crippen LogP contribution in [-0.4, -0.2) is 11.1 Å². The molecule has 2 rings (SSSR count). The highest BCUT2D eigenvalue weighted by atomic mass is 35.5. The predicted molar refractivity (Wildman–Crippen MR) is 81.7 cm³/mol. The molecule has 0 aromatic heterocycles. The molecule has 0 aliphatic carbocycles. The number of carbonyl (C=O) groups is 1. The maximum Gasteiger partial charge on any atom is 0.311 e. The van der Waals surface area contributed by atoms with Crippen LogP contribution < -0.4 is 0 Å². The molecule has 0 saturated carbocycles. The van der Waals surface area contributed by atoms with E-state index in [4.69, 9.17) is 23.2 Å². The summed E-state index contributed by atoms with van der Waals surface area (Å²) in [5.41, 5.74) is 1.41. The first-order chi connectivity index (χ1) is 9.52. The molecule has 2 unspecified atom stereocenters. The molecular formula is C16H14Cl2O2. The van der Waals surface area contributed by atoms with Gasteiger partial charge < -0.3 is 5.11 Å². The van der Waals surface area contributed by atoms with Gasteiger partial charge in [0.25, 0.3) is 0 Å². The summed E-state index contributed by atoms with van der Waals surface area (Å²) < 4.78 is 0. The van der Waals surface area contributed by atoms with Crippen molar-refractivity contribution in [3.05, 3.63) is 69.7 Å². The lowest BCUT2D eigenvalue weighted by Crippen LogP contribution is -2.19. The number of carboxylic acid groups (broad SMARTS) is 1. The Morgan fingerprint density at radius 3 is 2.05 bits per heavy atom. The number of halogens is 2. The lowest BCUT2D eigenvalue weighted by atomic mass is 9.82. The van der Waals surface area contributed by atoms with E-state index >= 15 is 0 Å². The van der Waals surface area contributed by atoms with Gasteiger partial charge in [-0.05, 0) is 23.6 Å². The zero-order chi connectivity index (χ0) is 14.7. The second-order valence-electron chi connectivity index (χ2n) is 4.65. The Hall–Kier alpha value is -1.51. The van der Waals surface area contributed by atoms with Crippen molar-refractivity contribution in [3.8, 4) is 0 Å². The Labute approximate surface area is 128 Å². The number of aliphatic carboxylic acids is 1. The molecule has 2 atom stereocenters. The minimum Gasteiger partial charge on any atom is -0.481 e. The number of hydrogen-bond acceptors (Lipinski definition) is 1. The molecule has 2 aromatic rings. The van der Waals surface area contributed by atoms with Crippen molar-refractivity contribution in [3.63, 3.8) is 0 Å². The SMILES string of the molecule is CC(c1ccccc1)C(C(=O)O)c1c(Cl)cccc1Cl. The topological polar surface area (TPSA) is 37.3 Å². The van der Waals surface area contributed by atoms with Crippen molar-refractivity contribution in [2.24, 2.45) is 0 Å². The second kappa shape index (κ2) is 6.29. The molecule has 0 radical (unpaired) electrons. The van der Waals surface area contributed by atoms with Crippen LogP contribution in [0, 0.1) is 0 Å². The molecule has 4 heteroatoms. The molecule has 20 heavy (non-hydrogen) atoms. The van der Waals surface area contributed by atoms with Crippen LogP contribution in [0.25, 0.3) is 0 Å². The monoisotopic (exact) mass is 308 g/mol. The van der Waals surface area contributed by atoms with Crippen molar-refractivity contribution >= 4 is 29.2 Å². The molecule has 0 saturated heterocycles. The number of benzene rings is 2. The maximum absolute atomic E-state index is 11.7. The number of hydrogen-bond donors (Lipinski definition) is 1. The molecular weight excluding hydrogens is 295 g/mol. The third-order valence-electron chi connectivity index (χ3n) is 3.40. The van der Waals surface area contributed by atoms with E-state index in [1.807, 2.05) is 37.3 Å². The molecule has 0 bridgehead atoms. The van der Waals surface area contributed by atoms with Gasteiger partial charge in [-0.2, -0.15) is 0 Å². The van der Waals surface area contributed by atoms with Gasteiger partial charge in [-0.15, -0.1) is 0 Å². The normalized spacial score (nSPS) is 13.8. The Morgan fingerprint density at radius 2 is 1.55 bits per heavy atom. The van der Waals surface area contributed by atoms with Gasteiger partial charge in [0.05, 0.1) is 5.92 Å². The molecule has 1 N–H and O–H groups in total. The third-order valence-corrected chi connectivity index (χ3v) is 4.06. The van der Waals surface area contributed by atoms with Crippen LogP contribution in [0.1, 0.15) is 29.9 Å². The van der Waals surface area contributed by atoms with Crippen LogP contribution in [-0.2, 0) is 4.79 Å². The van der Waals surface area contributed by atoms with E-state index in [0.29, 0.717) is 15.6 Å². The van der Waals surface area contributed by atoms with Gasteiger partial charge in [0.1, 0.15) is 0 Å². The minimum absolute atomic E-state index is 0.230. The van der Waals surface area contributed by atoms with E-state index in [1.165, 1.54) is 0 Å². The van der Waals surface area contributed by atoms with Crippen LogP contribution in [0.3, 0.4) is 0 Å². The van der Waals surface area contributed by atoms with E-state index in [0.717, 1.165) is 5.56 Å². The van der Waals surface area contributed by atoms with Gasteiger partial charge in [0.15, 0.2) is 0 Å². The van der Waals surface area contributed by atoms with Crippen molar-refractivity contribution in [2.75, 3.05) is 0 Å². The fourth-order valence-electron chi connectivity index (χ4n) is 2.34. The Balaban J connectivity index is 2.50. The van der Waals surface area contributed by atoms with Crippen LogP contribution in [0.15, 0.2) is 48.5 Å². The first-order valence-corrected chi connectivity index (χ1v) is 6.99. The molecule has 2 nitrogen and oxygen atoms in total. The van der Waals surface area contributed by atoms with Gasteiger partial charge in [0, 0.05) is 15.6 Å². The smallest absolute Gasteiger partial charge is 0.311 e. The van der Waals surface area contributed by atoms with E-state index in [-0.39, 0.29) is 5.92 Å². The first kappa shape index (κ1) is 14.9. The average molecular weight is 309 g/mol. The zero-order valence-electron chi connectivity index (χ0n) is 10.9. The van der Waals surface area contributed by atoms with E-state index in [2.05, 4.69) is 0 Å². The van der Waals surface area contributed by atoms with Crippen molar-refractivity contribution < 1.29 is 9.90 Å². The van der Waals surface area contributed by atoms with Crippen LogP contribution >= 0.6 is 23.2 Å². The average Bonchev–Trinajstić information content (AvgIpc) is 2.43. The van der Waals surface area contributed by atoms with Gasteiger partial charge in [-0.3, -0.25) is 4.79 Å². The first-order valence-electron chi connectivity index (χ1n) is 6.24. The van der Waals surface area contributed by atoms with Gasteiger partial charge in [-0.25, -0.2) is 0 Å². The number of rotatable bonds is 4. The standard InChI is InChI=1S/C16H14Cl2O2/c1-10(11-6-3-2-4-7-11)14(16(19)20)15-12(17)8-5-9-13(15)18/h2-10,14H,1H3,(H,19,20). The van der Waals surface area contributed by atoms with Crippen molar-refractivity contribution in [2.45, 2.75) is 18.8 Å². The Bertz CT molecular complexity index is 591. The molecule has 0 fully saturated rings. The molecule has 0 heterocycles. The molecule has 0 aliphatic heterocycles. The predicted octanol–water partition coefficient (Wildman–Crippen LogP) is 4.97. The summed E-state index contributed by atoms with van der Waals surface area (Å²) in [6.45, 7) is 1.87. The van der Waals surface area contributed by atoms with Crippen molar-refractivity contribution in [1.29, 1.82) is 0 Å². The highest BCUT2D eigenvalue weighted by Gasteiger charge is 2.31. The summed E-state index contributed by atoms with van der Waals surface area (Å²) in [6.07, 6.45) is 0. The Morgan fingerprint density at radius 1 is 1.00 bits per heavy atom. The molecule has 0 amide bonds. The van der Waals surface area contributed by atoms with Crippen LogP contribution in [0.5, 0.6) is 0 Å². The lowest BCUT2D eigenvalue weighted by Gasteiger charge is -2.23. The molecule has 0 spiro atoms. The van der Waals surface area contributed by atoms with Gasteiger partial charge in [0.2, 0.25) is 0 Å². The van der Waals surface area contributed by atoms with Gasteiger partial charge in [-0.1, -0.05) is 66.5 Å². The molecule has 2 aromatic carbocycles. The van der Waals surface area contributed by atoms with Crippen LogP contribution in [0.2, 0.25) is 10.0 Å². The highest BCUT2D eigenvalue weighted by Crippen LogP contribution is 2.40. The lowest BCUT2D eigenvalue weighted by molar-refractivity contribution is -0.139. The molecule has 0 aliphatic rings. The number of carboxylic acids is 1. The maximum atomic E-state index is 11.7. The summed E-state index contributed by atoms with van der Waals surface area (Å²) in [5, 5.41) is 10.4. The summed E-state index contributed by atoms with van der Waals surface area (Å²) in [7, 11) is 0. The van der Waals surface area contributed by atoms with E-state index < -0.39 is 11.9 Å². The summed E-state index contributed by atoms with van der Waals surface area (Å²) in [6, 6.07) is 14.5. The summed E-state index contributed by atoms with van der Waals surface area (Å²) in [4.78, 5) is 11.7. The largest absolute Gasteiger partial charge is 0.481 e. The quantitative estimate of drug-likeness (QED) is 0.866. The highest BCUT2D eigenvalue weighted by molar-refractivity contribution is 6.36. The van der Waals surface area contributed by atoms with Crippen LogP contribution in [0.4, 0.5) is 0 Å². The van der Waals surface area contributed by atoms with E-state index in [9.17, 15) is 9.90 Å². The fraction of sp³-hybridized carbons (Fsp3) is 0.188. The van der Waals surface area contributed by atoms with Gasteiger partial charge >= 0.3 is 5.97 Å². The fourth-order valence-corrected chi connectivity index (χ4v) is 2.98. The van der Waals surface area contributed by atoms with Crippen molar-refractivity contribution in [1.82, 2.24) is 0 Å². The minimum atomic E-state index is -0.934. The zero-order valence-corrected chi connectivity index (χ0v) is 12.4.